The summed E-state index contributed by atoms with van der Waals surface area (Å²) in [7, 11) is 0. The lowest BCUT2D eigenvalue weighted by Crippen LogP contribution is -2.35. The molecule has 118 valence electrons. The number of fused-ring (bicyclic) bond motifs is 1. The van der Waals surface area contributed by atoms with Crippen LogP contribution in [0.5, 0.6) is 0 Å². The number of hydrogen-bond donors (Lipinski definition) is 0. The molecule has 1 aliphatic heterocycles. The van der Waals surface area contributed by atoms with Gasteiger partial charge in [0.05, 0.1) is 24.9 Å². The molecule has 0 saturated carbocycles. The van der Waals surface area contributed by atoms with Crippen LogP contribution in [0.1, 0.15) is 5.56 Å². The van der Waals surface area contributed by atoms with Crippen LogP contribution < -0.4 is 0 Å². The van der Waals surface area contributed by atoms with Gasteiger partial charge in [-0.05, 0) is 35.9 Å². The summed E-state index contributed by atoms with van der Waals surface area (Å²) >= 11 is 6.01. The Morgan fingerprint density at radius 3 is 2.65 bits per heavy atom. The first-order chi connectivity index (χ1) is 11.3. The zero-order chi connectivity index (χ0) is 15.6. The van der Waals surface area contributed by atoms with E-state index in [-0.39, 0.29) is 0 Å². The van der Waals surface area contributed by atoms with Crippen LogP contribution in [0.4, 0.5) is 0 Å². The zero-order valence-electron chi connectivity index (χ0n) is 12.8. The third-order valence-electron chi connectivity index (χ3n) is 4.29. The van der Waals surface area contributed by atoms with E-state index in [1.54, 1.807) is 0 Å². The normalized spacial score (nSPS) is 16.0. The molecule has 1 fully saturated rings. The van der Waals surface area contributed by atoms with Crippen LogP contribution in [0.25, 0.3) is 16.6 Å². The van der Waals surface area contributed by atoms with Crippen molar-refractivity contribution in [2.24, 2.45) is 0 Å². The van der Waals surface area contributed by atoms with Crippen molar-refractivity contribution in [2.75, 3.05) is 26.3 Å². The van der Waals surface area contributed by atoms with E-state index in [4.69, 9.17) is 16.3 Å². The Morgan fingerprint density at radius 2 is 1.87 bits per heavy atom. The van der Waals surface area contributed by atoms with Crippen molar-refractivity contribution in [2.45, 2.75) is 6.54 Å². The molecular formula is C18H18ClN3O. The summed E-state index contributed by atoms with van der Waals surface area (Å²) < 4.78 is 7.63. The quantitative estimate of drug-likeness (QED) is 0.737. The van der Waals surface area contributed by atoms with Gasteiger partial charge in [0.2, 0.25) is 0 Å². The van der Waals surface area contributed by atoms with E-state index in [1.165, 1.54) is 10.9 Å². The van der Waals surface area contributed by atoms with Crippen molar-refractivity contribution in [3.8, 4) is 5.69 Å². The number of benzene rings is 1. The summed E-state index contributed by atoms with van der Waals surface area (Å²) in [6, 6.07) is 10.00. The molecule has 0 bridgehead atoms. The average molecular weight is 328 g/mol. The first-order valence-corrected chi connectivity index (χ1v) is 8.19. The second-order valence-corrected chi connectivity index (χ2v) is 6.22. The van der Waals surface area contributed by atoms with E-state index in [9.17, 15) is 0 Å². The molecule has 0 N–H and O–H groups in total. The molecule has 0 spiro atoms. The molecule has 0 radical (unpaired) electrons. The molecule has 5 heteroatoms. The maximum Gasteiger partial charge on any atom is 0.0715 e. The highest BCUT2D eigenvalue weighted by atomic mass is 35.5. The highest BCUT2D eigenvalue weighted by molar-refractivity contribution is 6.30. The predicted octanol–water partition coefficient (Wildman–Crippen LogP) is 3.51. The van der Waals surface area contributed by atoms with Crippen molar-refractivity contribution in [1.82, 2.24) is 14.5 Å². The number of halogens is 1. The lowest BCUT2D eigenvalue weighted by atomic mass is 10.2. The van der Waals surface area contributed by atoms with Gasteiger partial charge in [0.15, 0.2) is 0 Å². The van der Waals surface area contributed by atoms with E-state index in [2.05, 4.69) is 26.7 Å². The highest BCUT2D eigenvalue weighted by Crippen LogP contribution is 2.26. The Labute approximate surface area is 140 Å². The van der Waals surface area contributed by atoms with Gasteiger partial charge in [-0.2, -0.15) is 0 Å². The van der Waals surface area contributed by atoms with Crippen LogP contribution in [-0.2, 0) is 11.3 Å². The first-order valence-electron chi connectivity index (χ1n) is 7.81. The number of ether oxygens (including phenoxy) is 1. The van der Waals surface area contributed by atoms with Crippen LogP contribution in [-0.4, -0.2) is 40.8 Å². The van der Waals surface area contributed by atoms with Crippen LogP contribution >= 0.6 is 11.6 Å². The number of morpholine rings is 1. The number of hydrogen-bond acceptors (Lipinski definition) is 3. The van der Waals surface area contributed by atoms with Gasteiger partial charge in [0.1, 0.15) is 0 Å². The van der Waals surface area contributed by atoms with Crippen molar-refractivity contribution >= 4 is 22.5 Å². The SMILES string of the molecule is Clc1ccc(-n2cc(CN3CCOCC3)c3ccncc32)cc1. The molecule has 3 aromatic rings. The fraction of sp³-hybridized carbons (Fsp3) is 0.278. The molecule has 23 heavy (non-hydrogen) atoms. The fourth-order valence-electron chi connectivity index (χ4n) is 3.09. The van der Waals surface area contributed by atoms with Gasteiger partial charge in [-0.15, -0.1) is 0 Å². The minimum absolute atomic E-state index is 0.747. The van der Waals surface area contributed by atoms with Gasteiger partial charge < -0.3 is 9.30 Å². The summed E-state index contributed by atoms with van der Waals surface area (Å²) in [5, 5.41) is 2.00. The summed E-state index contributed by atoms with van der Waals surface area (Å²) in [6.07, 6.45) is 6.00. The van der Waals surface area contributed by atoms with E-state index < -0.39 is 0 Å². The molecular weight excluding hydrogens is 310 g/mol. The lowest BCUT2D eigenvalue weighted by molar-refractivity contribution is 0.0343. The molecule has 4 rings (SSSR count). The van der Waals surface area contributed by atoms with Crippen LogP contribution in [0.15, 0.2) is 48.9 Å². The van der Waals surface area contributed by atoms with E-state index in [1.807, 2.05) is 36.7 Å². The minimum atomic E-state index is 0.747. The van der Waals surface area contributed by atoms with Crippen molar-refractivity contribution in [3.63, 3.8) is 0 Å². The molecule has 1 aromatic carbocycles. The summed E-state index contributed by atoms with van der Waals surface area (Å²) in [4.78, 5) is 6.73. The van der Waals surface area contributed by atoms with Gasteiger partial charge in [-0.3, -0.25) is 9.88 Å². The zero-order valence-corrected chi connectivity index (χ0v) is 13.5. The topological polar surface area (TPSA) is 30.3 Å². The Morgan fingerprint density at radius 1 is 1.09 bits per heavy atom. The molecule has 0 unspecified atom stereocenters. The van der Waals surface area contributed by atoms with E-state index in [0.29, 0.717) is 0 Å². The van der Waals surface area contributed by atoms with Crippen LogP contribution in [0, 0.1) is 0 Å². The summed E-state index contributed by atoms with van der Waals surface area (Å²) in [6.45, 7) is 4.54. The van der Waals surface area contributed by atoms with Crippen molar-refractivity contribution < 1.29 is 4.74 Å². The molecule has 2 aromatic heterocycles. The van der Waals surface area contributed by atoms with Crippen LogP contribution in [0.3, 0.4) is 0 Å². The maximum absolute atomic E-state index is 6.01. The van der Waals surface area contributed by atoms with Gasteiger partial charge in [0, 0.05) is 48.1 Å². The van der Waals surface area contributed by atoms with Gasteiger partial charge >= 0.3 is 0 Å². The number of rotatable bonds is 3. The Bertz CT molecular complexity index is 807. The van der Waals surface area contributed by atoms with Gasteiger partial charge in [0.25, 0.3) is 0 Å². The van der Waals surface area contributed by atoms with Crippen LogP contribution in [0.2, 0.25) is 5.02 Å². The molecule has 4 nitrogen and oxygen atoms in total. The Kier molecular flexibility index (Phi) is 4.04. The average Bonchev–Trinajstić information content (AvgIpc) is 2.95. The summed E-state index contributed by atoms with van der Waals surface area (Å²) in [5.74, 6) is 0. The largest absolute Gasteiger partial charge is 0.379 e. The predicted molar refractivity (Wildman–Crippen MR) is 92.2 cm³/mol. The number of aromatic nitrogens is 2. The molecule has 1 aliphatic rings. The minimum Gasteiger partial charge on any atom is -0.379 e. The second-order valence-electron chi connectivity index (χ2n) is 5.78. The van der Waals surface area contributed by atoms with Gasteiger partial charge in [-0.25, -0.2) is 0 Å². The molecule has 0 amide bonds. The molecule has 3 heterocycles. The molecule has 0 atom stereocenters. The number of pyridine rings is 1. The standard InChI is InChI=1S/C18H18ClN3O/c19-15-1-3-16(4-2-15)22-13-14(12-21-7-9-23-10-8-21)17-5-6-20-11-18(17)22/h1-6,11,13H,7-10,12H2. The highest BCUT2D eigenvalue weighted by Gasteiger charge is 2.15. The van der Waals surface area contributed by atoms with E-state index >= 15 is 0 Å². The second kappa shape index (κ2) is 6.32. The first kappa shape index (κ1) is 14.7. The van der Waals surface area contributed by atoms with Crippen molar-refractivity contribution in [3.05, 3.63) is 59.5 Å². The summed E-state index contributed by atoms with van der Waals surface area (Å²) in [5.41, 5.74) is 3.54. The smallest absolute Gasteiger partial charge is 0.0715 e. The van der Waals surface area contributed by atoms with Gasteiger partial charge in [-0.1, -0.05) is 11.6 Å². The fourth-order valence-corrected chi connectivity index (χ4v) is 3.21. The molecule has 1 saturated heterocycles. The monoisotopic (exact) mass is 327 g/mol. The maximum atomic E-state index is 6.01. The third-order valence-corrected chi connectivity index (χ3v) is 4.54. The lowest BCUT2D eigenvalue weighted by Gasteiger charge is -2.26. The van der Waals surface area contributed by atoms with Crippen molar-refractivity contribution in [1.29, 1.82) is 0 Å². The Balaban J connectivity index is 1.75. The third kappa shape index (κ3) is 2.98. The Hall–Kier alpha value is -1.88. The molecule has 0 aliphatic carbocycles. The van der Waals surface area contributed by atoms with E-state index in [0.717, 1.165) is 49.1 Å². The number of nitrogens with zero attached hydrogens (tertiary/aromatic N) is 3.